The average Bonchev–Trinajstić information content (AvgIpc) is 3.02. The number of amides is 1. The van der Waals surface area contributed by atoms with Crippen molar-refractivity contribution in [3.05, 3.63) is 58.4 Å². The van der Waals surface area contributed by atoms with Crippen molar-refractivity contribution in [2.45, 2.75) is 4.90 Å². The molecule has 3 aromatic rings. The summed E-state index contributed by atoms with van der Waals surface area (Å²) in [6.45, 7) is 0.296. The number of carbonyl (C=O) groups excluding carboxylic acids is 2. The van der Waals surface area contributed by atoms with Gasteiger partial charge in [0.25, 0.3) is 5.91 Å². The fourth-order valence-corrected chi connectivity index (χ4v) is 5.24. The number of thioether (sulfide) groups is 1. The smallest absolute Gasteiger partial charge is 0.350 e. The Morgan fingerprint density at radius 3 is 2.73 bits per heavy atom. The zero-order valence-corrected chi connectivity index (χ0v) is 16.0. The van der Waals surface area contributed by atoms with Gasteiger partial charge in [-0.3, -0.25) is 4.79 Å². The minimum atomic E-state index is -0.566. The molecule has 132 valence electrons. The van der Waals surface area contributed by atoms with Gasteiger partial charge in [0.1, 0.15) is 4.88 Å². The van der Waals surface area contributed by atoms with E-state index in [1.807, 2.05) is 48.5 Å². The molecule has 0 saturated heterocycles. The second-order valence-corrected chi connectivity index (χ2v) is 8.25. The van der Waals surface area contributed by atoms with Crippen molar-refractivity contribution in [3.63, 3.8) is 0 Å². The molecule has 0 unspecified atom stereocenters. The molecule has 1 amide bonds. The largest absolute Gasteiger partial charge is 0.451 e. The number of thiophene rings is 1. The Kier molecular flexibility index (Phi) is 4.89. The first-order valence-corrected chi connectivity index (χ1v) is 10.2. The van der Waals surface area contributed by atoms with Crippen LogP contribution >= 0.6 is 34.7 Å². The van der Waals surface area contributed by atoms with Crippen molar-refractivity contribution in [1.82, 2.24) is 0 Å². The molecule has 0 bridgehead atoms. The number of fused-ring (bicyclic) bond motifs is 2. The molecule has 4 rings (SSSR count). The van der Waals surface area contributed by atoms with Gasteiger partial charge in [0, 0.05) is 27.3 Å². The monoisotopic (exact) mass is 403 g/mol. The van der Waals surface area contributed by atoms with E-state index in [4.69, 9.17) is 16.3 Å². The number of anilines is 1. The summed E-state index contributed by atoms with van der Waals surface area (Å²) >= 11 is 9.29. The van der Waals surface area contributed by atoms with Crippen molar-refractivity contribution >= 4 is 62.3 Å². The molecule has 0 spiro atoms. The molecule has 4 nitrogen and oxygen atoms in total. The van der Waals surface area contributed by atoms with Crippen molar-refractivity contribution < 1.29 is 14.3 Å². The lowest BCUT2D eigenvalue weighted by molar-refractivity contribution is -0.121. The molecule has 0 aliphatic carbocycles. The molecule has 2 aromatic carbocycles. The number of rotatable bonds is 3. The first kappa shape index (κ1) is 17.4. The number of para-hydroxylation sites is 1. The number of esters is 1. The van der Waals surface area contributed by atoms with Gasteiger partial charge in [0.2, 0.25) is 0 Å². The van der Waals surface area contributed by atoms with Crippen molar-refractivity contribution in [1.29, 1.82) is 0 Å². The molecule has 0 fully saturated rings. The average molecular weight is 404 g/mol. The molecule has 7 heteroatoms. The summed E-state index contributed by atoms with van der Waals surface area (Å²) in [6.07, 6.45) is 0. The van der Waals surface area contributed by atoms with Crippen molar-refractivity contribution in [2.75, 3.05) is 23.8 Å². The molecule has 1 aromatic heterocycles. The van der Waals surface area contributed by atoms with Gasteiger partial charge in [-0.25, -0.2) is 4.79 Å². The van der Waals surface area contributed by atoms with Crippen molar-refractivity contribution in [2.24, 2.45) is 0 Å². The van der Waals surface area contributed by atoms with E-state index in [1.165, 1.54) is 11.3 Å². The highest BCUT2D eigenvalue weighted by atomic mass is 35.5. The number of benzene rings is 2. The van der Waals surface area contributed by atoms with Gasteiger partial charge >= 0.3 is 5.97 Å². The third kappa shape index (κ3) is 3.20. The zero-order chi connectivity index (χ0) is 18.1. The standard InChI is InChI=1S/C19H14ClNO3S2/c20-17-12-5-1-3-7-14(12)26-18(17)19(23)24-11-16(22)21-9-10-25-15-8-4-2-6-13(15)21/h1-8H,9-11H2. The molecular weight excluding hydrogens is 390 g/mol. The van der Waals surface area contributed by atoms with Gasteiger partial charge in [-0.05, 0) is 18.2 Å². The summed E-state index contributed by atoms with van der Waals surface area (Å²) < 4.78 is 6.17. The summed E-state index contributed by atoms with van der Waals surface area (Å²) in [5.41, 5.74) is 0.865. The number of halogens is 1. The highest BCUT2D eigenvalue weighted by molar-refractivity contribution is 7.99. The van der Waals surface area contributed by atoms with E-state index in [-0.39, 0.29) is 12.5 Å². The maximum Gasteiger partial charge on any atom is 0.350 e. The highest BCUT2D eigenvalue weighted by Crippen LogP contribution is 2.36. The fraction of sp³-hybridized carbons (Fsp3) is 0.158. The number of ether oxygens (including phenoxy) is 1. The molecule has 2 heterocycles. The maximum absolute atomic E-state index is 12.6. The molecule has 26 heavy (non-hydrogen) atoms. The van der Waals surface area contributed by atoms with Gasteiger partial charge < -0.3 is 9.64 Å². The van der Waals surface area contributed by atoms with Gasteiger partial charge in [0.15, 0.2) is 6.61 Å². The van der Waals surface area contributed by atoms with E-state index < -0.39 is 5.97 Å². The Morgan fingerprint density at radius 2 is 1.88 bits per heavy atom. The molecule has 0 N–H and O–H groups in total. The lowest BCUT2D eigenvalue weighted by Gasteiger charge is -2.28. The van der Waals surface area contributed by atoms with Crippen LogP contribution in [0.3, 0.4) is 0 Å². The molecule has 1 aliphatic rings. The molecule has 0 saturated carbocycles. The van der Waals surface area contributed by atoms with Crippen LogP contribution in [0.15, 0.2) is 53.4 Å². The lowest BCUT2D eigenvalue weighted by Crippen LogP contribution is -2.38. The fourth-order valence-electron chi connectivity index (χ4n) is 2.84. The van der Waals surface area contributed by atoms with E-state index >= 15 is 0 Å². The summed E-state index contributed by atoms with van der Waals surface area (Å²) in [6, 6.07) is 15.3. The molecular formula is C19H14ClNO3S2. The topological polar surface area (TPSA) is 46.6 Å². The van der Waals surface area contributed by atoms with Crippen LogP contribution in [0.4, 0.5) is 5.69 Å². The van der Waals surface area contributed by atoms with Crippen LogP contribution in [0.5, 0.6) is 0 Å². The maximum atomic E-state index is 12.6. The van der Waals surface area contributed by atoms with Gasteiger partial charge in [-0.2, -0.15) is 0 Å². The Morgan fingerprint density at radius 1 is 1.12 bits per heavy atom. The predicted molar refractivity (Wildman–Crippen MR) is 107 cm³/mol. The Hall–Kier alpha value is -2.02. The van der Waals surface area contributed by atoms with Crippen LogP contribution in [0.25, 0.3) is 10.1 Å². The summed E-state index contributed by atoms with van der Waals surface area (Å²) in [5, 5.41) is 1.20. The first-order valence-electron chi connectivity index (χ1n) is 8.01. The van der Waals surface area contributed by atoms with Crippen molar-refractivity contribution in [3.8, 4) is 0 Å². The van der Waals surface area contributed by atoms with Crippen LogP contribution in [-0.4, -0.2) is 30.8 Å². The van der Waals surface area contributed by atoms with E-state index in [0.717, 1.165) is 26.4 Å². The highest BCUT2D eigenvalue weighted by Gasteiger charge is 2.25. The van der Waals surface area contributed by atoms with E-state index in [1.54, 1.807) is 16.7 Å². The second kappa shape index (κ2) is 7.31. The third-order valence-electron chi connectivity index (χ3n) is 4.08. The lowest BCUT2D eigenvalue weighted by atomic mass is 10.2. The van der Waals surface area contributed by atoms with Gasteiger partial charge in [-0.1, -0.05) is 41.9 Å². The second-order valence-electron chi connectivity index (χ2n) is 5.68. The number of hydrogen-bond acceptors (Lipinski definition) is 5. The number of hydrogen-bond donors (Lipinski definition) is 0. The van der Waals surface area contributed by atoms with Crippen LogP contribution in [0, 0.1) is 0 Å². The van der Waals surface area contributed by atoms with Crippen LogP contribution in [0.2, 0.25) is 5.02 Å². The molecule has 0 atom stereocenters. The summed E-state index contributed by atoms with van der Waals surface area (Å²) in [5.74, 6) is 0.0197. The normalized spacial score (nSPS) is 13.5. The van der Waals surface area contributed by atoms with Crippen LogP contribution in [0.1, 0.15) is 9.67 Å². The van der Waals surface area contributed by atoms with Gasteiger partial charge in [-0.15, -0.1) is 23.1 Å². The minimum Gasteiger partial charge on any atom is -0.451 e. The van der Waals surface area contributed by atoms with Crippen LogP contribution in [-0.2, 0) is 9.53 Å². The van der Waals surface area contributed by atoms with E-state index in [9.17, 15) is 9.59 Å². The predicted octanol–water partition coefficient (Wildman–Crippen LogP) is 4.85. The van der Waals surface area contributed by atoms with E-state index in [2.05, 4.69) is 0 Å². The van der Waals surface area contributed by atoms with Crippen LogP contribution < -0.4 is 4.90 Å². The molecule has 0 radical (unpaired) electrons. The Balaban J connectivity index is 1.48. The summed E-state index contributed by atoms with van der Waals surface area (Å²) in [7, 11) is 0. The van der Waals surface area contributed by atoms with E-state index in [0.29, 0.717) is 16.4 Å². The zero-order valence-electron chi connectivity index (χ0n) is 13.6. The summed E-state index contributed by atoms with van der Waals surface area (Å²) in [4.78, 5) is 28.0. The minimum absolute atomic E-state index is 0.233. The first-order chi connectivity index (χ1) is 12.6. The SMILES string of the molecule is O=C(OCC(=O)N1CCSc2ccccc21)c1sc2ccccc2c1Cl. The number of nitrogens with zero attached hydrogens (tertiary/aromatic N) is 1. The Bertz CT molecular complexity index is 1000. The van der Waals surface area contributed by atoms with Gasteiger partial charge in [0.05, 0.1) is 10.7 Å². The number of carbonyl (C=O) groups is 2. The third-order valence-corrected chi connectivity index (χ3v) is 6.77. The quantitative estimate of drug-likeness (QED) is 0.586. The Labute approximate surface area is 163 Å². The molecule has 1 aliphatic heterocycles.